The first-order valence-electron chi connectivity index (χ1n) is 7.94. The number of benzene rings is 2. The quantitative estimate of drug-likeness (QED) is 0.354. The van der Waals surface area contributed by atoms with Crippen molar-refractivity contribution in [3.05, 3.63) is 69.1 Å². The number of rotatable bonds is 7. The van der Waals surface area contributed by atoms with Gasteiger partial charge in [0.05, 0.1) is 16.2 Å². The Kier molecular flexibility index (Phi) is 5.88. The van der Waals surface area contributed by atoms with E-state index in [2.05, 4.69) is 10.3 Å². The van der Waals surface area contributed by atoms with Gasteiger partial charge in [-0.3, -0.25) is 25.0 Å². The third kappa shape index (κ3) is 4.76. The highest BCUT2D eigenvalue weighted by atomic mass is 32.1. The van der Waals surface area contributed by atoms with Gasteiger partial charge >= 0.3 is 0 Å². The molecule has 3 aromatic rings. The van der Waals surface area contributed by atoms with Crippen molar-refractivity contribution in [1.82, 2.24) is 4.98 Å². The molecule has 1 amide bonds. The molecule has 0 saturated carbocycles. The summed E-state index contributed by atoms with van der Waals surface area (Å²) >= 11 is 1.07. The first kappa shape index (κ1) is 20.0. The Balaban J connectivity index is 1.63. The number of hydrogen-bond acceptors (Lipinski definition) is 7. The van der Waals surface area contributed by atoms with Crippen LogP contribution >= 0.6 is 11.3 Å². The van der Waals surface area contributed by atoms with Crippen molar-refractivity contribution in [3.8, 4) is 17.0 Å². The molecule has 3 rings (SSSR count). The minimum atomic E-state index is -1.01. The Labute approximate surface area is 165 Å². The number of aromatic nitrogens is 1. The number of non-ortho nitro benzene ring substituents is 1. The van der Waals surface area contributed by atoms with E-state index >= 15 is 0 Å². The van der Waals surface area contributed by atoms with Crippen LogP contribution < -0.4 is 10.1 Å². The van der Waals surface area contributed by atoms with Gasteiger partial charge in [0.15, 0.2) is 29.7 Å². The maximum atomic E-state index is 13.3. The van der Waals surface area contributed by atoms with Crippen LogP contribution in [-0.2, 0) is 4.79 Å². The Morgan fingerprint density at radius 1 is 1.24 bits per heavy atom. The van der Waals surface area contributed by atoms with Gasteiger partial charge in [-0.15, -0.1) is 11.3 Å². The summed E-state index contributed by atoms with van der Waals surface area (Å²) < 4.78 is 31.6. The predicted octanol–water partition coefficient (Wildman–Crippen LogP) is 3.83. The smallest absolute Gasteiger partial charge is 0.270 e. The number of halogens is 2. The van der Waals surface area contributed by atoms with Gasteiger partial charge in [-0.25, -0.2) is 13.8 Å². The fourth-order valence-electron chi connectivity index (χ4n) is 2.29. The average molecular weight is 419 g/mol. The van der Waals surface area contributed by atoms with Crippen molar-refractivity contribution in [2.75, 3.05) is 11.9 Å². The van der Waals surface area contributed by atoms with Crippen molar-refractivity contribution >= 4 is 34.3 Å². The van der Waals surface area contributed by atoms with Crippen molar-refractivity contribution in [2.45, 2.75) is 0 Å². The summed E-state index contributed by atoms with van der Waals surface area (Å²) in [7, 11) is 0. The Hall–Kier alpha value is -3.73. The lowest BCUT2D eigenvalue weighted by Crippen LogP contribution is -2.20. The van der Waals surface area contributed by atoms with Gasteiger partial charge < -0.3 is 4.74 Å². The molecule has 0 bridgehead atoms. The molecule has 1 N–H and O–H groups in total. The molecule has 1 aromatic heterocycles. The fraction of sp³-hybridized carbons (Fsp3) is 0.0556. The molecule has 0 aliphatic heterocycles. The van der Waals surface area contributed by atoms with E-state index in [1.807, 2.05) is 0 Å². The molecule has 29 heavy (non-hydrogen) atoms. The highest BCUT2D eigenvalue weighted by Crippen LogP contribution is 2.26. The number of thiazole rings is 1. The topological polar surface area (TPSA) is 111 Å². The SMILES string of the molecule is O=Cc1cc([N+](=O)[O-])ccc1OCC(=O)Nc1nc(-c2ccc(F)c(F)c2)cs1. The van der Waals surface area contributed by atoms with Crippen LogP contribution in [0.2, 0.25) is 0 Å². The summed E-state index contributed by atoms with van der Waals surface area (Å²) in [5.74, 6) is -2.56. The largest absolute Gasteiger partial charge is 0.483 e. The average Bonchev–Trinajstić information content (AvgIpc) is 3.16. The maximum Gasteiger partial charge on any atom is 0.270 e. The number of carbonyl (C=O) groups excluding carboxylic acids is 2. The van der Waals surface area contributed by atoms with Crippen LogP contribution in [0.5, 0.6) is 5.75 Å². The van der Waals surface area contributed by atoms with Crippen molar-refractivity contribution in [2.24, 2.45) is 0 Å². The first-order valence-corrected chi connectivity index (χ1v) is 8.82. The summed E-state index contributed by atoms with van der Waals surface area (Å²) in [4.78, 5) is 37.3. The molecular formula is C18H11F2N3O5S. The molecule has 11 heteroatoms. The molecule has 0 unspecified atom stereocenters. The molecule has 0 saturated heterocycles. The second-order valence-electron chi connectivity index (χ2n) is 5.60. The van der Waals surface area contributed by atoms with E-state index in [1.54, 1.807) is 5.38 Å². The zero-order chi connectivity index (χ0) is 21.0. The summed E-state index contributed by atoms with van der Waals surface area (Å²) in [6.07, 6.45) is 0.384. The van der Waals surface area contributed by atoms with E-state index in [-0.39, 0.29) is 22.1 Å². The lowest BCUT2D eigenvalue weighted by molar-refractivity contribution is -0.384. The summed E-state index contributed by atoms with van der Waals surface area (Å²) in [5.41, 5.74) is 0.348. The lowest BCUT2D eigenvalue weighted by atomic mass is 10.2. The van der Waals surface area contributed by atoms with Gasteiger partial charge in [-0.1, -0.05) is 0 Å². The number of nitrogens with one attached hydrogen (secondary N) is 1. The minimum Gasteiger partial charge on any atom is -0.483 e. The third-order valence-corrected chi connectivity index (χ3v) is 4.41. The number of ether oxygens (including phenoxy) is 1. The van der Waals surface area contributed by atoms with E-state index in [4.69, 9.17) is 4.74 Å². The van der Waals surface area contributed by atoms with E-state index < -0.39 is 29.1 Å². The Morgan fingerprint density at radius 2 is 2.03 bits per heavy atom. The lowest BCUT2D eigenvalue weighted by Gasteiger charge is -2.07. The van der Waals surface area contributed by atoms with E-state index in [0.717, 1.165) is 35.6 Å². The zero-order valence-corrected chi connectivity index (χ0v) is 15.2. The number of hydrogen-bond donors (Lipinski definition) is 1. The van der Waals surface area contributed by atoms with Gasteiger partial charge in [0.2, 0.25) is 0 Å². The second kappa shape index (κ2) is 8.52. The van der Waals surface area contributed by atoms with Gasteiger partial charge in [-0.2, -0.15) is 0 Å². The third-order valence-electron chi connectivity index (χ3n) is 3.66. The molecule has 1 heterocycles. The predicted molar refractivity (Wildman–Crippen MR) is 100 cm³/mol. The number of nitro groups is 1. The van der Waals surface area contributed by atoms with Crippen LogP contribution in [-0.4, -0.2) is 28.7 Å². The van der Waals surface area contributed by atoms with Crippen LogP contribution in [0.25, 0.3) is 11.3 Å². The molecule has 0 fully saturated rings. The fourth-order valence-corrected chi connectivity index (χ4v) is 3.03. The van der Waals surface area contributed by atoms with Gasteiger partial charge in [0.1, 0.15) is 5.75 Å². The molecule has 148 valence electrons. The van der Waals surface area contributed by atoms with Gasteiger partial charge in [-0.05, 0) is 24.3 Å². The number of carbonyl (C=O) groups is 2. The van der Waals surface area contributed by atoms with E-state index in [9.17, 15) is 28.5 Å². The molecule has 0 aliphatic rings. The van der Waals surface area contributed by atoms with Crippen LogP contribution in [0, 0.1) is 21.7 Å². The molecule has 0 aliphatic carbocycles. The van der Waals surface area contributed by atoms with Crippen molar-refractivity contribution in [3.63, 3.8) is 0 Å². The first-order chi connectivity index (χ1) is 13.9. The van der Waals surface area contributed by atoms with Crippen LogP contribution in [0.3, 0.4) is 0 Å². The normalized spacial score (nSPS) is 10.4. The second-order valence-corrected chi connectivity index (χ2v) is 6.46. The number of anilines is 1. The molecule has 2 aromatic carbocycles. The zero-order valence-electron chi connectivity index (χ0n) is 14.4. The van der Waals surface area contributed by atoms with Crippen LogP contribution in [0.1, 0.15) is 10.4 Å². The monoisotopic (exact) mass is 419 g/mol. The van der Waals surface area contributed by atoms with Crippen molar-refractivity contribution < 1.29 is 28.0 Å². The molecule has 0 spiro atoms. The van der Waals surface area contributed by atoms with Crippen LogP contribution in [0.15, 0.2) is 41.8 Å². The van der Waals surface area contributed by atoms with Gasteiger partial charge in [0.25, 0.3) is 11.6 Å². The Morgan fingerprint density at radius 3 is 2.72 bits per heavy atom. The highest BCUT2D eigenvalue weighted by molar-refractivity contribution is 7.14. The van der Waals surface area contributed by atoms with Gasteiger partial charge in [0, 0.05) is 23.1 Å². The van der Waals surface area contributed by atoms with E-state index in [1.165, 1.54) is 12.1 Å². The molecule has 0 radical (unpaired) electrons. The summed E-state index contributed by atoms with van der Waals surface area (Å²) in [6.45, 7) is -0.473. The summed E-state index contributed by atoms with van der Waals surface area (Å²) in [5, 5.41) is 15.0. The van der Waals surface area contributed by atoms with E-state index in [0.29, 0.717) is 17.5 Å². The minimum absolute atomic E-state index is 0.0161. The number of nitro benzene ring substituents is 1. The van der Waals surface area contributed by atoms with Crippen LogP contribution in [0.4, 0.5) is 19.6 Å². The molecule has 0 atom stereocenters. The highest BCUT2D eigenvalue weighted by Gasteiger charge is 2.14. The molecular weight excluding hydrogens is 408 g/mol. The Bertz CT molecular complexity index is 1100. The standard InChI is InChI=1S/C18H11F2N3O5S/c19-13-3-1-10(6-14(13)20)15-9-29-18(21-15)22-17(25)8-28-16-4-2-12(23(26)27)5-11(16)7-24/h1-7,9H,8H2,(H,21,22,25). The number of nitrogens with zero attached hydrogens (tertiary/aromatic N) is 2. The number of amides is 1. The maximum absolute atomic E-state index is 13.3. The van der Waals surface area contributed by atoms with Crippen molar-refractivity contribution in [1.29, 1.82) is 0 Å². The summed E-state index contributed by atoms with van der Waals surface area (Å²) in [6, 6.07) is 6.74. The number of aldehydes is 1. The molecule has 8 nitrogen and oxygen atoms in total.